The van der Waals surface area contributed by atoms with Crippen LogP contribution in [0, 0.1) is 0 Å². The quantitative estimate of drug-likeness (QED) is 0.642. The average molecular weight is 348 g/mol. The minimum atomic E-state index is -2.47. The lowest BCUT2D eigenvalue weighted by Gasteiger charge is -2.01. The zero-order valence-electron chi connectivity index (χ0n) is 10.4. The van der Waals surface area contributed by atoms with Gasteiger partial charge in [-0.25, -0.2) is 8.78 Å². The van der Waals surface area contributed by atoms with E-state index in [0.29, 0.717) is 23.5 Å². The lowest BCUT2D eigenvalue weighted by molar-refractivity contribution is 0.0182. The van der Waals surface area contributed by atoms with Crippen molar-refractivity contribution in [2.45, 2.75) is 12.8 Å². The van der Waals surface area contributed by atoms with Crippen LogP contribution < -0.4 is 5.73 Å². The van der Waals surface area contributed by atoms with Crippen LogP contribution in [-0.2, 0) is 11.2 Å². The van der Waals surface area contributed by atoms with Gasteiger partial charge in [0.1, 0.15) is 6.61 Å². The number of halogens is 3. The molecule has 0 fully saturated rings. The van der Waals surface area contributed by atoms with Crippen molar-refractivity contribution in [3.8, 4) is 11.5 Å². The Hall–Kier alpha value is -1.54. The number of benzene rings is 1. The fraction of sp³-hybridized carbons (Fsp3) is 0.333. The van der Waals surface area contributed by atoms with Gasteiger partial charge in [0.2, 0.25) is 0 Å². The fourth-order valence-electron chi connectivity index (χ4n) is 1.51. The Labute approximate surface area is 122 Å². The van der Waals surface area contributed by atoms with Crippen LogP contribution in [-0.4, -0.2) is 29.8 Å². The second-order valence-corrected chi connectivity index (χ2v) is 4.88. The van der Waals surface area contributed by atoms with E-state index < -0.39 is 13.0 Å². The predicted octanol–water partition coefficient (Wildman–Crippen LogP) is 2.91. The summed E-state index contributed by atoms with van der Waals surface area (Å²) < 4.78 is 34.4. The highest BCUT2D eigenvalue weighted by molar-refractivity contribution is 9.10. The van der Waals surface area contributed by atoms with E-state index in [0.717, 1.165) is 4.47 Å². The molecule has 0 unspecified atom stereocenters. The van der Waals surface area contributed by atoms with Crippen molar-refractivity contribution in [2.75, 3.05) is 18.9 Å². The van der Waals surface area contributed by atoms with Crippen molar-refractivity contribution >= 4 is 21.6 Å². The van der Waals surface area contributed by atoms with Crippen molar-refractivity contribution in [1.29, 1.82) is 0 Å². The van der Waals surface area contributed by atoms with Gasteiger partial charge < -0.3 is 15.0 Å². The van der Waals surface area contributed by atoms with Crippen LogP contribution in [0.5, 0.6) is 0 Å². The Kier molecular flexibility index (Phi) is 5.02. The molecule has 0 aliphatic carbocycles. The first-order valence-corrected chi connectivity index (χ1v) is 6.59. The molecule has 0 aliphatic heterocycles. The number of ether oxygens (including phenoxy) is 1. The van der Waals surface area contributed by atoms with Crippen molar-refractivity contribution in [2.24, 2.45) is 0 Å². The van der Waals surface area contributed by atoms with E-state index in [1.807, 2.05) is 0 Å². The number of hydrogen-bond acceptors (Lipinski definition) is 5. The molecule has 0 amide bonds. The largest absolute Gasteiger partial charge is 0.398 e. The molecule has 108 valence electrons. The van der Waals surface area contributed by atoms with Crippen LogP contribution in [0.15, 0.2) is 27.2 Å². The van der Waals surface area contributed by atoms with Gasteiger partial charge in [-0.2, -0.15) is 4.98 Å². The van der Waals surface area contributed by atoms with E-state index in [1.54, 1.807) is 18.2 Å². The minimum absolute atomic E-state index is 0.108. The highest BCUT2D eigenvalue weighted by atomic mass is 79.9. The summed E-state index contributed by atoms with van der Waals surface area (Å²) in [6, 6.07) is 5.28. The van der Waals surface area contributed by atoms with Crippen molar-refractivity contribution in [3.63, 3.8) is 0 Å². The van der Waals surface area contributed by atoms with E-state index in [-0.39, 0.29) is 12.5 Å². The number of anilines is 1. The van der Waals surface area contributed by atoms with Crippen molar-refractivity contribution in [1.82, 2.24) is 10.1 Å². The number of aromatic nitrogens is 2. The van der Waals surface area contributed by atoms with Gasteiger partial charge >= 0.3 is 0 Å². The van der Waals surface area contributed by atoms with Crippen LogP contribution in [0.2, 0.25) is 0 Å². The summed E-state index contributed by atoms with van der Waals surface area (Å²) >= 11 is 3.33. The molecule has 0 radical (unpaired) electrons. The topological polar surface area (TPSA) is 74.2 Å². The maximum Gasteiger partial charge on any atom is 0.261 e. The summed E-state index contributed by atoms with van der Waals surface area (Å²) in [6.45, 7) is -0.486. The zero-order chi connectivity index (χ0) is 14.5. The Morgan fingerprint density at radius 2 is 2.20 bits per heavy atom. The highest BCUT2D eigenvalue weighted by Crippen LogP contribution is 2.27. The third-order valence-electron chi connectivity index (χ3n) is 2.43. The van der Waals surface area contributed by atoms with E-state index in [9.17, 15) is 8.78 Å². The number of nitrogens with zero attached hydrogens (tertiary/aromatic N) is 2. The summed E-state index contributed by atoms with van der Waals surface area (Å²) in [6.07, 6.45) is -2.18. The fourth-order valence-corrected chi connectivity index (χ4v) is 1.88. The van der Waals surface area contributed by atoms with E-state index in [4.69, 9.17) is 15.0 Å². The molecule has 2 N–H and O–H groups in total. The van der Waals surface area contributed by atoms with Gasteiger partial charge in [-0.15, -0.1) is 0 Å². The molecular weight excluding hydrogens is 336 g/mol. The molecule has 0 atom stereocenters. The third kappa shape index (κ3) is 3.97. The summed E-state index contributed by atoms with van der Waals surface area (Å²) in [7, 11) is 0. The molecule has 5 nitrogen and oxygen atoms in total. The van der Waals surface area contributed by atoms with Gasteiger partial charge in [-0.1, -0.05) is 21.1 Å². The van der Waals surface area contributed by atoms with Crippen LogP contribution in [0.4, 0.5) is 14.5 Å². The van der Waals surface area contributed by atoms with E-state index in [1.165, 1.54) is 0 Å². The number of nitrogens with two attached hydrogens (primary N) is 1. The van der Waals surface area contributed by atoms with E-state index >= 15 is 0 Å². The summed E-state index contributed by atoms with van der Waals surface area (Å²) in [5.41, 5.74) is 6.96. The van der Waals surface area contributed by atoms with Crippen molar-refractivity contribution in [3.05, 3.63) is 28.5 Å². The summed E-state index contributed by atoms with van der Waals surface area (Å²) in [5.74, 6) is 0.668. The molecule has 0 aliphatic rings. The molecule has 20 heavy (non-hydrogen) atoms. The monoisotopic (exact) mass is 347 g/mol. The first-order valence-electron chi connectivity index (χ1n) is 5.80. The van der Waals surface area contributed by atoms with Gasteiger partial charge in [0.15, 0.2) is 5.82 Å². The smallest absolute Gasteiger partial charge is 0.261 e. The molecule has 2 aromatic rings. The summed E-state index contributed by atoms with van der Waals surface area (Å²) in [4.78, 5) is 4.15. The molecule has 2 rings (SSSR count). The zero-order valence-corrected chi connectivity index (χ0v) is 11.9. The first kappa shape index (κ1) is 14.9. The van der Waals surface area contributed by atoms with Gasteiger partial charge in [-0.05, 0) is 18.2 Å². The maximum atomic E-state index is 11.9. The molecule has 1 aromatic heterocycles. The number of nitrogen functional groups attached to an aromatic ring is 1. The highest BCUT2D eigenvalue weighted by Gasteiger charge is 2.12. The average Bonchev–Trinajstić information content (AvgIpc) is 2.86. The number of alkyl halides is 2. The summed E-state index contributed by atoms with van der Waals surface area (Å²) in [5, 5.41) is 3.76. The minimum Gasteiger partial charge on any atom is -0.398 e. The molecule has 8 heteroatoms. The lowest BCUT2D eigenvalue weighted by Crippen LogP contribution is -2.07. The number of hydrogen-bond donors (Lipinski definition) is 1. The standard InChI is InChI=1S/C12H12BrF2N3O2/c13-7-1-2-9(16)8(5-7)12-17-11(18-20-12)3-4-19-6-10(14)15/h1-2,5,10H,3-4,6,16H2. The molecule has 0 saturated heterocycles. The van der Waals surface area contributed by atoms with Crippen molar-refractivity contribution < 1.29 is 18.0 Å². The normalized spacial score (nSPS) is 11.2. The van der Waals surface area contributed by atoms with Crippen LogP contribution in [0.25, 0.3) is 11.5 Å². The van der Waals surface area contributed by atoms with Gasteiger partial charge in [-0.3, -0.25) is 0 Å². The second kappa shape index (κ2) is 6.76. The van der Waals surface area contributed by atoms with Gasteiger partial charge in [0.25, 0.3) is 12.3 Å². The third-order valence-corrected chi connectivity index (χ3v) is 2.92. The molecule has 0 bridgehead atoms. The van der Waals surface area contributed by atoms with Gasteiger partial charge in [0.05, 0.1) is 12.2 Å². The molecule has 0 spiro atoms. The van der Waals surface area contributed by atoms with E-state index in [2.05, 4.69) is 26.1 Å². The predicted molar refractivity (Wildman–Crippen MR) is 72.4 cm³/mol. The second-order valence-electron chi connectivity index (χ2n) is 3.96. The lowest BCUT2D eigenvalue weighted by atomic mass is 10.2. The molecule has 0 saturated carbocycles. The molecule has 1 heterocycles. The van der Waals surface area contributed by atoms with Crippen LogP contribution >= 0.6 is 15.9 Å². The van der Waals surface area contributed by atoms with Crippen LogP contribution in [0.3, 0.4) is 0 Å². The Bertz CT molecular complexity index is 578. The number of rotatable bonds is 6. The molecular formula is C12H12BrF2N3O2. The Morgan fingerprint density at radius 1 is 1.40 bits per heavy atom. The van der Waals surface area contributed by atoms with Gasteiger partial charge in [0, 0.05) is 16.6 Å². The maximum absolute atomic E-state index is 11.9. The Morgan fingerprint density at radius 3 is 2.95 bits per heavy atom. The molecule has 1 aromatic carbocycles. The SMILES string of the molecule is Nc1ccc(Br)cc1-c1nc(CCOCC(F)F)no1. The Balaban J connectivity index is 2.00. The first-order chi connectivity index (χ1) is 9.56. The van der Waals surface area contributed by atoms with Crippen LogP contribution in [0.1, 0.15) is 5.82 Å².